The molecule has 1 aliphatic carbocycles. The van der Waals surface area contributed by atoms with Crippen LogP contribution < -0.4 is 4.74 Å². The molecule has 1 aliphatic heterocycles. The fraction of sp³-hybridized carbons (Fsp3) is 0.455. The molecular weight excluding hydrogens is 370 g/mol. The minimum Gasteiger partial charge on any atom is -0.488 e. The summed E-state index contributed by atoms with van der Waals surface area (Å²) in [5.41, 5.74) is 2.16. The number of hydrogen-bond acceptors (Lipinski definition) is 6. The zero-order valence-corrected chi connectivity index (χ0v) is 16.4. The number of nitrogens with one attached hydrogen (secondary N) is 1. The number of esters is 1. The van der Waals surface area contributed by atoms with Crippen LogP contribution in [-0.2, 0) is 11.3 Å². The monoisotopic (exact) mass is 395 g/mol. The summed E-state index contributed by atoms with van der Waals surface area (Å²) in [5.74, 6) is 1.20. The number of aliphatic hydroxyl groups is 1. The average molecular weight is 395 g/mol. The lowest BCUT2D eigenvalue weighted by Gasteiger charge is -2.35. The van der Waals surface area contributed by atoms with E-state index < -0.39 is 6.10 Å². The molecule has 1 aromatic heterocycles. The Morgan fingerprint density at radius 3 is 2.66 bits per heavy atom. The van der Waals surface area contributed by atoms with Crippen LogP contribution in [0.1, 0.15) is 34.5 Å². The second-order valence-electron chi connectivity index (χ2n) is 7.96. The Bertz CT molecular complexity index is 902. The van der Waals surface area contributed by atoms with Crippen LogP contribution in [0.25, 0.3) is 0 Å². The predicted octanol–water partition coefficient (Wildman–Crippen LogP) is 2.32. The number of hydrogen-bond donors (Lipinski definition) is 2. The summed E-state index contributed by atoms with van der Waals surface area (Å²) in [5, 5.41) is 19.6. The molecule has 4 rings (SSSR count). The van der Waals surface area contributed by atoms with Crippen LogP contribution in [0.15, 0.2) is 36.5 Å². The van der Waals surface area contributed by atoms with Crippen molar-refractivity contribution in [2.75, 3.05) is 20.2 Å². The van der Waals surface area contributed by atoms with E-state index in [1.54, 1.807) is 24.3 Å². The molecule has 0 unspecified atom stereocenters. The SMILES string of the molecule is COC(=O)c1ccc(O[C@@H]2C[C@@H]3CN(Cc4c[nH]c(C#N)c4)C[C@@H]3C[C@H]2O)cc1. The number of methoxy groups -OCH3 is 1. The second-order valence-corrected chi connectivity index (χ2v) is 7.96. The molecule has 2 heterocycles. The van der Waals surface area contributed by atoms with E-state index in [1.807, 2.05) is 12.3 Å². The zero-order valence-electron chi connectivity index (χ0n) is 16.4. The number of likely N-dealkylation sites (tertiary alicyclic amines) is 1. The Balaban J connectivity index is 1.35. The van der Waals surface area contributed by atoms with Crippen molar-refractivity contribution >= 4 is 5.97 Å². The summed E-state index contributed by atoms with van der Waals surface area (Å²) in [7, 11) is 1.35. The van der Waals surface area contributed by atoms with Crippen molar-refractivity contribution in [1.29, 1.82) is 5.26 Å². The van der Waals surface area contributed by atoms with Gasteiger partial charge in [0.2, 0.25) is 0 Å². The van der Waals surface area contributed by atoms with Gasteiger partial charge in [-0.1, -0.05) is 0 Å². The lowest BCUT2D eigenvalue weighted by atomic mass is 9.78. The molecule has 1 saturated carbocycles. The maximum absolute atomic E-state index is 11.5. The van der Waals surface area contributed by atoms with Crippen LogP contribution in [0, 0.1) is 23.2 Å². The molecule has 7 nitrogen and oxygen atoms in total. The fourth-order valence-corrected chi connectivity index (χ4v) is 4.56. The van der Waals surface area contributed by atoms with Gasteiger partial charge in [0.05, 0.1) is 18.8 Å². The van der Waals surface area contributed by atoms with Crippen LogP contribution in [-0.4, -0.2) is 53.4 Å². The van der Waals surface area contributed by atoms with Gasteiger partial charge in [-0.15, -0.1) is 0 Å². The van der Waals surface area contributed by atoms with E-state index in [-0.39, 0.29) is 12.1 Å². The van der Waals surface area contributed by atoms with E-state index >= 15 is 0 Å². The van der Waals surface area contributed by atoms with Crippen molar-refractivity contribution in [3.05, 3.63) is 53.3 Å². The molecule has 1 saturated heterocycles. The van der Waals surface area contributed by atoms with Gasteiger partial charge in [0.25, 0.3) is 0 Å². The molecule has 0 radical (unpaired) electrons. The van der Waals surface area contributed by atoms with Crippen molar-refractivity contribution < 1.29 is 19.4 Å². The molecular formula is C22H25N3O4. The number of ether oxygens (including phenoxy) is 2. The third-order valence-corrected chi connectivity index (χ3v) is 5.99. The predicted molar refractivity (Wildman–Crippen MR) is 105 cm³/mol. The van der Waals surface area contributed by atoms with Gasteiger partial charge in [-0.25, -0.2) is 4.79 Å². The number of H-pyrrole nitrogens is 1. The van der Waals surface area contributed by atoms with Gasteiger partial charge < -0.3 is 19.6 Å². The van der Waals surface area contributed by atoms with Crippen molar-refractivity contribution in [3.63, 3.8) is 0 Å². The number of benzene rings is 1. The smallest absolute Gasteiger partial charge is 0.337 e. The summed E-state index contributed by atoms with van der Waals surface area (Å²) in [6.45, 7) is 2.72. The van der Waals surface area contributed by atoms with Crippen LogP contribution in [0.2, 0.25) is 0 Å². The molecule has 2 fully saturated rings. The second kappa shape index (κ2) is 8.27. The first-order chi connectivity index (χ1) is 14.1. The third-order valence-electron chi connectivity index (χ3n) is 5.99. The molecule has 0 bridgehead atoms. The number of carbonyl (C=O) groups excluding carboxylic acids is 1. The Morgan fingerprint density at radius 2 is 2.00 bits per heavy atom. The van der Waals surface area contributed by atoms with Gasteiger partial charge in [0.1, 0.15) is 23.6 Å². The van der Waals surface area contributed by atoms with Gasteiger partial charge in [0, 0.05) is 25.8 Å². The first-order valence-electron chi connectivity index (χ1n) is 9.88. The van der Waals surface area contributed by atoms with Gasteiger partial charge in [0.15, 0.2) is 0 Å². The average Bonchev–Trinajstić information content (AvgIpc) is 3.34. The highest BCUT2D eigenvalue weighted by Crippen LogP contribution is 2.38. The largest absolute Gasteiger partial charge is 0.488 e. The normalized spacial score (nSPS) is 26.5. The minimum absolute atomic E-state index is 0.252. The lowest BCUT2D eigenvalue weighted by Crippen LogP contribution is -2.42. The zero-order chi connectivity index (χ0) is 20.4. The summed E-state index contributed by atoms with van der Waals surface area (Å²) in [4.78, 5) is 16.9. The Kier molecular flexibility index (Phi) is 5.56. The molecule has 1 aromatic carbocycles. The maximum atomic E-state index is 11.5. The molecule has 29 heavy (non-hydrogen) atoms. The van der Waals surface area contributed by atoms with E-state index in [4.69, 9.17) is 14.7 Å². The van der Waals surface area contributed by atoms with E-state index in [0.29, 0.717) is 28.8 Å². The topological polar surface area (TPSA) is 98.6 Å². The molecule has 4 atom stereocenters. The summed E-state index contributed by atoms with van der Waals surface area (Å²) in [6, 6.07) is 10.8. The van der Waals surface area contributed by atoms with E-state index in [0.717, 1.165) is 38.0 Å². The molecule has 0 amide bonds. The number of fused-ring (bicyclic) bond motifs is 1. The lowest BCUT2D eigenvalue weighted by molar-refractivity contribution is -0.0231. The number of nitrogens with zero attached hydrogens (tertiary/aromatic N) is 2. The minimum atomic E-state index is -0.506. The van der Waals surface area contributed by atoms with Crippen LogP contribution >= 0.6 is 0 Å². The molecule has 152 valence electrons. The van der Waals surface area contributed by atoms with E-state index in [1.165, 1.54) is 7.11 Å². The molecule has 2 aliphatic rings. The number of aromatic amines is 1. The number of carbonyl (C=O) groups is 1. The summed E-state index contributed by atoms with van der Waals surface area (Å²) >= 11 is 0. The maximum Gasteiger partial charge on any atom is 0.337 e. The van der Waals surface area contributed by atoms with Crippen LogP contribution in [0.5, 0.6) is 5.75 Å². The van der Waals surface area contributed by atoms with Crippen molar-refractivity contribution in [2.24, 2.45) is 11.8 Å². The van der Waals surface area contributed by atoms with Gasteiger partial charge in [-0.05, 0) is 60.6 Å². The Labute approximate surface area is 169 Å². The Morgan fingerprint density at radius 1 is 1.28 bits per heavy atom. The van der Waals surface area contributed by atoms with Crippen LogP contribution in [0.4, 0.5) is 0 Å². The Hall–Kier alpha value is -2.82. The molecule has 2 aromatic rings. The number of aliphatic hydroxyl groups excluding tert-OH is 1. The fourth-order valence-electron chi connectivity index (χ4n) is 4.56. The number of aromatic nitrogens is 1. The highest BCUT2D eigenvalue weighted by Gasteiger charge is 2.42. The number of rotatable bonds is 5. The highest BCUT2D eigenvalue weighted by molar-refractivity contribution is 5.89. The quantitative estimate of drug-likeness (QED) is 0.754. The van der Waals surface area contributed by atoms with Gasteiger partial charge in [-0.2, -0.15) is 5.26 Å². The van der Waals surface area contributed by atoms with E-state index in [2.05, 4.69) is 16.0 Å². The first-order valence-corrected chi connectivity index (χ1v) is 9.88. The van der Waals surface area contributed by atoms with Crippen molar-refractivity contribution in [2.45, 2.75) is 31.6 Å². The number of nitriles is 1. The molecule has 0 spiro atoms. The van der Waals surface area contributed by atoms with Crippen molar-refractivity contribution in [1.82, 2.24) is 9.88 Å². The summed E-state index contributed by atoms with van der Waals surface area (Å²) < 4.78 is 10.8. The van der Waals surface area contributed by atoms with E-state index in [9.17, 15) is 9.90 Å². The standard InChI is InChI=1S/C22H25N3O4/c1-28-22(27)15-2-4-19(5-3-15)29-21-8-17-13-25(12-16(17)7-20(21)26)11-14-6-18(9-23)24-10-14/h2-6,10,16-17,20-21,24,26H,7-8,11-13H2,1H3/t16-,17+,20+,21+/m0/s1. The van der Waals surface area contributed by atoms with Gasteiger partial charge in [-0.3, -0.25) is 4.90 Å². The van der Waals surface area contributed by atoms with Gasteiger partial charge >= 0.3 is 5.97 Å². The highest BCUT2D eigenvalue weighted by atomic mass is 16.5. The van der Waals surface area contributed by atoms with Crippen molar-refractivity contribution in [3.8, 4) is 11.8 Å². The molecule has 2 N–H and O–H groups in total. The van der Waals surface area contributed by atoms with Crippen LogP contribution in [0.3, 0.4) is 0 Å². The molecule has 7 heteroatoms. The first kappa shape index (κ1) is 19.5. The summed E-state index contributed by atoms with van der Waals surface area (Å²) in [6.07, 6.45) is 2.66. The third kappa shape index (κ3) is 4.29.